The lowest BCUT2D eigenvalue weighted by molar-refractivity contribution is 0.113. The Labute approximate surface area is 202 Å². The van der Waals surface area contributed by atoms with Crippen LogP contribution >= 0.6 is 0 Å². The van der Waals surface area contributed by atoms with E-state index in [0.29, 0.717) is 12.8 Å². The average Bonchev–Trinajstić information content (AvgIpc) is 3.05. The van der Waals surface area contributed by atoms with E-state index in [4.69, 9.17) is 0 Å². The maximum Gasteiger partial charge on any atom is 0.104 e. The minimum Gasteiger partial charge on any atom is -0.247 e. The van der Waals surface area contributed by atoms with Gasteiger partial charge in [0, 0.05) is 17.3 Å². The van der Waals surface area contributed by atoms with E-state index < -0.39 is 17.8 Å². The van der Waals surface area contributed by atoms with E-state index in [1.54, 1.807) is 0 Å². The Balaban J connectivity index is 1.65. The van der Waals surface area contributed by atoms with Gasteiger partial charge in [0.05, 0.1) is 0 Å². The molecule has 34 heavy (non-hydrogen) atoms. The fourth-order valence-corrected chi connectivity index (χ4v) is 7.79. The molecule has 0 heterocycles. The van der Waals surface area contributed by atoms with Crippen LogP contribution in [0.1, 0.15) is 87.5 Å². The first-order valence-electron chi connectivity index (χ1n) is 13.2. The van der Waals surface area contributed by atoms with Crippen molar-refractivity contribution >= 4 is 5.57 Å². The summed E-state index contributed by atoms with van der Waals surface area (Å²) in [4.78, 5) is 0. The zero-order valence-electron chi connectivity index (χ0n) is 20.3. The SMILES string of the molecule is CCCC1(CCC)c2ccccc2-c2cc3c(cc21)C1=C(C=CCC=C1)C31CC(F)CC(F)C1. The van der Waals surface area contributed by atoms with E-state index in [-0.39, 0.29) is 11.8 Å². The van der Waals surface area contributed by atoms with Crippen molar-refractivity contribution in [2.24, 2.45) is 0 Å². The maximum absolute atomic E-state index is 15.0. The van der Waals surface area contributed by atoms with Gasteiger partial charge in [-0.3, -0.25) is 0 Å². The number of allylic oxidation sites excluding steroid dienone is 6. The Morgan fingerprint density at radius 3 is 2.21 bits per heavy atom. The van der Waals surface area contributed by atoms with Gasteiger partial charge in [-0.05, 0) is 88.8 Å². The quantitative estimate of drug-likeness (QED) is 0.431. The summed E-state index contributed by atoms with van der Waals surface area (Å²) in [5.41, 5.74) is 9.59. The molecule has 0 radical (unpaired) electrons. The molecule has 176 valence electrons. The Bertz CT molecular complexity index is 1210. The third-order valence-electron chi connectivity index (χ3n) is 8.86. The second kappa shape index (κ2) is 8.04. The lowest BCUT2D eigenvalue weighted by Crippen LogP contribution is -2.39. The molecule has 0 bridgehead atoms. The first-order valence-corrected chi connectivity index (χ1v) is 13.2. The smallest absolute Gasteiger partial charge is 0.104 e. The molecule has 4 aliphatic rings. The van der Waals surface area contributed by atoms with Crippen LogP contribution in [0.4, 0.5) is 8.78 Å². The van der Waals surface area contributed by atoms with Crippen molar-refractivity contribution in [3.8, 4) is 11.1 Å². The van der Waals surface area contributed by atoms with Gasteiger partial charge in [0.1, 0.15) is 12.3 Å². The lowest BCUT2D eigenvalue weighted by atomic mass is 9.65. The number of halogens is 2. The number of hydrogen-bond acceptors (Lipinski definition) is 0. The van der Waals surface area contributed by atoms with Crippen molar-refractivity contribution in [1.82, 2.24) is 0 Å². The highest BCUT2D eigenvalue weighted by atomic mass is 19.1. The molecule has 4 aliphatic carbocycles. The molecule has 0 amide bonds. The zero-order chi connectivity index (χ0) is 23.5. The molecule has 0 aromatic heterocycles. The van der Waals surface area contributed by atoms with Crippen LogP contribution in [0.3, 0.4) is 0 Å². The Morgan fingerprint density at radius 2 is 1.47 bits per heavy atom. The van der Waals surface area contributed by atoms with Gasteiger partial charge in [0.15, 0.2) is 0 Å². The molecule has 1 fully saturated rings. The number of fused-ring (bicyclic) bond motifs is 7. The molecule has 1 saturated carbocycles. The largest absolute Gasteiger partial charge is 0.247 e. The Kier molecular flexibility index (Phi) is 5.20. The van der Waals surface area contributed by atoms with Crippen LogP contribution in [0, 0.1) is 0 Å². The van der Waals surface area contributed by atoms with Crippen LogP contribution < -0.4 is 0 Å². The summed E-state index contributed by atoms with van der Waals surface area (Å²) < 4.78 is 30.0. The van der Waals surface area contributed by atoms with E-state index in [2.05, 4.69) is 74.5 Å². The Hall–Kier alpha value is -2.48. The molecule has 2 heteroatoms. The number of hydrogen-bond donors (Lipinski definition) is 0. The van der Waals surface area contributed by atoms with Crippen molar-refractivity contribution < 1.29 is 8.78 Å². The second-order valence-corrected chi connectivity index (χ2v) is 10.9. The Morgan fingerprint density at radius 1 is 0.794 bits per heavy atom. The van der Waals surface area contributed by atoms with Crippen molar-refractivity contribution in [3.63, 3.8) is 0 Å². The van der Waals surface area contributed by atoms with Crippen molar-refractivity contribution in [2.45, 2.75) is 88.4 Å². The summed E-state index contributed by atoms with van der Waals surface area (Å²) >= 11 is 0. The standard InChI is InChI=1S/C32H34F2/c1-3-14-31(15-4-2)27-13-9-8-11-23(27)25-18-30-26(17-29(25)31)24-10-6-5-7-12-28(24)32(30)19-21(33)16-22(34)20-32/h6-13,17-18,21-22H,3-5,14-16,19-20H2,1-2H3. The van der Waals surface area contributed by atoms with Gasteiger partial charge in [0.2, 0.25) is 0 Å². The van der Waals surface area contributed by atoms with E-state index in [9.17, 15) is 0 Å². The van der Waals surface area contributed by atoms with Gasteiger partial charge in [-0.2, -0.15) is 0 Å². The number of rotatable bonds is 4. The first kappa shape index (κ1) is 22.0. The normalized spacial score (nSPS) is 28.0. The summed E-state index contributed by atoms with van der Waals surface area (Å²) in [7, 11) is 0. The summed E-state index contributed by atoms with van der Waals surface area (Å²) in [6, 6.07) is 13.6. The summed E-state index contributed by atoms with van der Waals surface area (Å²) in [6.07, 6.45) is 12.7. The van der Waals surface area contributed by atoms with Crippen molar-refractivity contribution in [1.29, 1.82) is 0 Å². The molecule has 6 rings (SSSR count). The third kappa shape index (κ3) is 2.93. The van der Waals surface area contributed by atoms with Crippen LogP contribution in [0.5, 0.6) is 0 Å². The average molecular weight is 457 g/mol. The van der Waals surface area contributed by atoms with Crippen molar-refractivity contribution in [3.05, 3.63) is 88.5 Å². The fraction of sp³-hybridized carbons (Fsp3) is 0.438. The lowest BCUT2D eigenvalue weighted by Gasteiger charge is -2.40. The molecule has 0 N–H and O–H groups in total. The van der Waals surface area contributed by atoms with E-state index in [0.717, 1.165) is 43.2 Å². The van der Waals surface area contributed by atoms with Gasteiger partial charge in [0.25, 0.3) is 0 Å². The molecule has 0 nitrogen and oxygen atoms in total. The molecule has 0 saturated heterocycles. The monoisotopic (exact) mass is 456 g/mol. The number of alkyl halides is 2. The molecule has 2 unspecified atom stereocenters. The molecular weight excluding hydrogens is 422 g/mol. The molecule has 2 aromatic rings. The minimum atomic E-state index is -1.11. The van der Waals surface area contributed by atoms with Crippen LogP contribution in [0.25, 0.3) is 16.7 Å². The van der Waals surface area contributed by atoms with E-state index in [1.807, 2.05) is 0 Å². The summed E-state index contributed by atoms with van der Waals surface area (Å²) in [5.74, 6) is 0. The second-order valence-electron chi connectivity index (χ2n) is 10.9. The van der Waals surface area contributed by atoms with Gasteiger partial charge in [-0.15, -0.1) is 0 Å². The highest BCUT2D eigenvalue weighted by molar-refractivity contribution is 5.93. The molecule has 2 aromatic carbocycles. The zero-order valence-corrected chi connectivity index (χ0v) is 20.3. The fourth-order valence-electron chi connectivity index (χ4n) is 7.79. The predicted octanol–water partition coefficient (Wildman–Crippen LogP) is 8.93. The third-order valence-corrected chi connectivity index (χ3v) is 8.86. The van der Waals surface area contributed by atoms with Gasteiger partial charge in [-0.25, -0.2) is 8.78 Å². The predicted molar refractivity (Wildman–Crippen MR) is 138 cm³/mol. The number of benzene rings is 2. The van der Waals surface area contributed by atoms with E-state index in [1.165, 1.54) is 33.4 Å². The van der Waals surface area contributed by atoms with Crippen LogP contribution in [0.15, 0.2) is 66.3 Å². The van der Waals surface area contributed by atoms with Crippen LogP contribution in [0.2, 0.25) is 0 Å². The topological polar surface area (TPSA) is 0 Å². The van der Waals surface area contributed by atoms with Gasteiger partial charge in [-0.1, -0.05) is 75.3 Å². The maximum atomic E-state index is 15.0. The first-order chi connectivity index (χ1) is 16.5. The highest BCUT2D eigenvalue weighted by Gasteiger charge is 2.51. The van der Waals surface area contributed by atoms with Crippen LogP contribution in [-0.2, 0) is 10.8 Å². The van der Waals surface area contributed by atoms with Crippen molar-refractivity contribution in [2.75, 3.05) is 0 Å². The molecule has 0 aliphatic heterocycles. The van der Waals surface area contributed by atoms with Crippen LogP contribution in [-0.4, -0.2) is 12.3 Å². The van der Waals surface area contributed by atoms with Gasteiger partial charge >= 0.3 is 0 Å². The minimum absolute atomic E-state index is 0.0169. The molecule has 1 spiro atoms. The summed E-state index contributed by atoms with van der Waals surface area (Å²) in [6.45, 7) is 4.56. The highest BCUT2D eigenvalue weighted by Crippen LogP contribution is 2.61. The van der Waals surface area contributed by atoms with E-state index >= 15 is 8.78 Å². The molecule has 2 atom stereocenters. The van der Waals surface area contributed by atoms with Gasteiger partial charge < -0.3 is 0 Å². The molecular formula is C32H34F2. The summed E-state index contributed by atoms with van der Waals surface area (Å²) in [5, 5.41) is 0.